The van der Waals surface area contributed by atoms with Gasteiger partial charge in [0, 0.05) is 13.1 Å². The first-order valence-electron chi connectivity index (χ1n) is 6.03. The predicted molar refractivity (Wildman–Crippen MR) is 74.3 cm³/mol. The Labute approximate surface area is 119 Å². The number of nitriles is 1. The molecule has 108 valence electrons. The number of rotatable bonds is 5. The molecule has 0 bridgehead atoms. The highest BCUT2D eigenvalue weighted by atomic mass is 32.2. The minimum absolute atomic E-state index is 0.00334. The van der Waals surface area contributed by atoms with E-state index in [1.165, 1.54) is 31.3 Å². The Morgan fingerprint density at radius 2 is 2.10 bits per heavy atom. The quantitative estimate of drug-likeness (QED) is 0.866. The smallest absolute Gasteiger partial charge is 0.243 e. The van der Waals surface area contributed by atoms with E-state index in [0.717, 1.165) is 4.31 Å². The van der Waals surface area contributed by atoms with Crippen molar-refractivity contribution in [1.29, 1.82) is 5.26 Å². The molecule has 0 atom stereocenters. The number of nitrogens with one attached hydrogen (secondary N) is 1. The topological polar surface area (TPSA) is 90.3 Å². The zero-order valence-corrected chi connectivity index (χ0v) is 12.4. The molecular formula is C13H17N3O3S. The minimum Gasteiger partial charge on any atom is -0.353 e. The first-order valence-corrected chi connectivity index (χ1v) is 7.47. The van der Waals surface area contributed by atoms with Crippen molar-refractivity contribution < 1.29 is 13.2 Å². The van der Waals surface area contributed by atoms with Crippen LogP contribution in [0.1, 0.15) is 19.4 Å². The second-order valence-corrected chi connectivity index (χ2v) is 6.67. The van der Waals surface area contributed by atoms with E-state index in [1.54, 1.807) is 13.8 Å². The Hall–Kier alpha value is -1.91. The van der Waals surface area contributed by atoms with Crippen LogP contribution in [-0.4, -0.2) is 38.3 Å². The molecule has 0 spiro atoms. The Morgan fingerprint density at radius 3 is 2.65 bits per heavy atom. The van der Waals surface area contributed by atoms with Gasteiger partial charge in [0.15, 0.2) is 0 Å². The summed E-state index contributed by atoms with van der Waals surface area (Å²) in [7, 11) is -2.45. The summed E-state index contributed by atoms with van der Waals surface area (Å²) in [6, 6.07) is 7.52. The first kappa shape index (κ1) is 16.1. The van der Waals surface area contributed by atoms with E-state index in [0.29, 0.717) is 0 Å². The van der Waals surface area contributed by atoms with E-state index in [4.69, 9.17) is 5.26 Å². The van der Waals surface area contributed by atoms with Crippen molar-refractivity contribution >= 4 is 15.9 Å². The van der Waals surface area contributed by atoms with Crippen LogP contribution in [0.4, 0.5) is 0 Å². The van der Waals surface area contributed by atoms with Gasteiger partial charge in [0.2, 0.25) is 15.9 Å². The van der Waals surface area contributed by atoms with Gasteiger partial charge in [-0.15, -0.1) is 0 Å². The van der Waals surface area contributed by atoms with E-state index in [1.807, 2.05) is 6.07 Å². The maximum absolute atomic E-state index is 12.3. The molecule has 6 nitrogen and oxygen atoms in total. The number of hydrogen-bond donors (Lipinski definition) is 1. The summed E-state index contributed by atoms with van der Waals surface area (Å²) in [5.74, 6) is -0.373. The van der Waals surface area contributed by atoms with Crippen LogP contribution < -0.4 is 5.32 Å². The first-order chi connectivity index (χ1) is 9.27. The summed E-state index contributed by atoms with van der Waals surface area (Å²) in [6.07, 6.45) is 0. The number of nitrogens with zero attached hydrogens (tertiary/aromatic N) is 2. The van der Waals surface area contributed by atoms with Gasteiger partial charge in [-0.3, -0.25) is 4.79 Å². The van der Waals surface area contributed by atoms with Crippen LogP contribution in [-0.2, 0) is 14.8 Å². The molecular weight excluding hydrogens is 278 g/mol. The molecule has 0 fully saturated rings. The second kappa shape index (κ2) is 6.50. The third kappa shape index (κ3) is 4.05. The summed E-state index contributed by atoms with van der Waals surface area (Å²) >= 11 is 0. The molecule has 0 aliphatic carbocycles. The van der Waals surface area contributed by atoms with Crippen molar-refractivity contribution in [3.8, 4) is 6.07 Å². The molecule has 0 aliphatic rings. The molecule has 7 heteroatoms. The summed E-state index contributed by atoms with van der Waals surface area (Å²) in [5, 5.41) is 11.4. The fourth-order valence-electron chi connectivity index (χ4n) is 1.56. The number of sulfonamides is 1. The van der Waals surface area contributed by atoms with Crippen LogP contribution >= 0.6 is 0 Å². The molecule has 20 heavy (non-hydrogen) atoms. The highest BCUT2D eigenvalue weighted by Gasteiger charge is 2.23. The van der Waals surface area contributed by atoms with Gasteiger partial charge >= 0.3 is 0 Å². The Balaban J connectivity index is 2.93. The molecule has 0 radical (unpaired) electrons. The van der Waals surface area contributed by atoms with Crippen molar-refractivity contribution in [3.63, 3.8) is 0 Å². The fourth-order valence-corrected chi connectivity index (χ4v) is 2.73. The third-order valence-corrected chi connectivity index (χ3v) is 4.29. The Kier molecular flexibility index (Phi) is 5.25. The monoisotopic (exact) mass is 295 g/mol. The van der Waals surface area contributed by atoms with Gasteiger partial charge in [-0.25, -0.2) is 8.42 Å². The average Bonchev–Trinajstić information content (AvgIpc) is 2.37. The van der Waals surface area contributed by atoms with Crippen molar-refractivity contribution in [1.82, 2.24) is 9.62 Å². The van der Waals surface area contributed by atoms with Crippen LogP contribution in [0.25, 0.3) is 0 Å². The van der Waals surface area contributed by atoms with Crippen LogP contribution in [0, 0.1) is 11.3 Å². The maximum atomic E-state index is 12.3. The molecule has 0 unspecified atom stereocenters. The molecule has 0 aromatic heterocycles. The van der Waals surface area contributed by atoms with E-state index >= 15 is 0 Å². The summed E-state index contributed by atoms with van der Waals surface area (Å²) in [6.45, 7) is 3.32. The largest absolute Gasteiger partial charge is 0.353 e. The number of carbonyl (C=O) groups is 1. The lowest BCUT2D eigenvalue weighted by atomic mass is 10.2. The zero-order chi connectivity index (χ0) is 15.3. The van der Waals surface area contributed by atoms with Crippen molar-refractivity contribution in [2.24, 2.45) is 0 Å². The van der Waals surface area contributed by atoms with Crippen molar-refractivity contribution in [3.05, 3.63) is 29.8 Å². The lowest BCUT2D eigenvalue weighted by Crippen LogP contribution is -2.40. The third-order valence-electron chi connectivity index (χ3n) is 2.49. The highest BCUT2D eigenvalue weighted by molar-refractivity contribution is 7.89. The van der Waals surface area contributed by atoms with Gasteiger partial charge in [0.1, 0.15) is 0 Å². The molecule has 1 aromatic rings. The number of amides is 1. The molecule has 1 aromatic carbocycles. The van der Waals surface area contributed by atoms with Crippen molar-refractivity contribution in [2.45, 2.75) is 24.8 Å². The molecule has 0 heterocycles. The van der Waals surface area contributed by atoms with Gasteiger partial charge in [-0.2, -0.15) is 9.57 Å². The average molecular weight is 295 g/mol. The van der Waals surface area contributed by atoms with Gasteiger partial charge in [-0.1, -0.05) is 6.07 Å². The van der Waals surface area contributed by atoms with Gasteiger partial charge in [0.05, 0.1) is 23.1 Å². The number of carbonyl (C=O) groups excluding carboxylic acids is 1. The molecule has 1 rings (SSSR count). The number of likely N-dealkylation sites (N-methyl/N-ethyl adjacent to an activating group) is 1. The highest BCUT2D eigenvalue weighted by Crippen LogP contribution is 2.15. The standard InChI is InChI=1S/C13H17N3O3S/c1-10(2)15-13(17)9-16(3)20(18,19)12-6-4-5-11(7-12)8-14/h4-7,10H,9H2,1-3H3,(H,15,17). The van der Waals surface area contributed by atoms with E-state index in [9.17, 15) is 13.2 Å². The zero-order valence-electron chi connectivity index (χ0n) is 11.6. The summed E-state index contributed by atoms with van der Waals surface area (Å²) < 4.78 is 25.5. The lowest BCUT2D eigenvalue weighted by molar-refractivity contribution is -0.121. The van der Waals surface area contributed by atoms with Crippen molar-refractivity contribution in [2.75, 3.05) is 13.6 Å². The van der Waals surface area contributed by atoms with Crippen LogP contribution in [0.15, 0.2) is 29.2 Å². The predicted octanol–water partition coefficient (Wildman–Crippen LogP) is 0.703. The maximum Gasteiger partial charge on any atom is 0.243 e. The Morgan fingerprint density at radius 1 is 1.45 bits per heavy atom. The number of hydrogen-bond acceptors (Lipinski definition) is 4. The fraction of sp³-hybridized carbons (Fsp3) is 0.385. The van der Waals surface area contributed by atoms with Gasteiger partial charge in [-0.05, 0) is 32.0 Å². The second-order valence-electron chi connectivity index (χ2n) is 4.62. The molecule has 1 amide bonds. The molecule has 0 saturated carbocycles. The van der Waals surface area contributed by atoms with Crippen LogP contribution in [0.2, 0.25) is 0 Å². The van der Waals surface area contributed by atoms with Gasteiger partial charge < -0.3 is 5.32 Å². The van der Waals surface area contributed by atoms with Gasteiger partial charge in [0.25, 0.3) is 0 Å². The van der Waals surface area contributed by atoms with E-state index in [2.05, 4.69) is 5.32 Å². The SMILES string of the molecule is CC(C)NC(=O)CN(C)S(=O)(=O)c1cccc(C#N)c1. The Bertz CT molecular complexity index is 633. The van der Waals surface area contributed by atoms with E-state index in [-0.39, 0.29) is 29.0 Å². The minimum atomic E-state index is -3.78. The summed E-state index contributed by atoms with van der Waals surface area (Å²) in [4.78, 5) is 11.6. The lowest BCUT2D eigenvalue weighted by Gasteiger charge is -2.17. The molecule has 0 saturated heterocycles. The molecule has 1 N–H and O–H groups in total. The van der Waals surface area contributed by atoms with E-state index < -0.39 is 10.0 Å². The normalized spacial score (nSPS) is 11.4. The summed E-state index contributed by atoms with van der Waals surface area (Å²) in [5.41, 5.74) is 0.256. The molecule has 0 aliphatic heterocycles. The van der Waals surface area contributed by atoms with Crippen LogP contribution in [0.5, 0.6) is 0 Å². The van der Waals surface area contributed by atoms with Crippen LogP contribution in [0.3, 0.4) is 0 Å². The number of benzene rings is 1.